The molecule has 0 spiro atoms. The number of carbonyl (C=O) groups excluding carboxylic acids is 2. The number of hydrogen-bond acceptors (Lipinski definition) is 4. The molecule has 2 heterocycles. The Labute approximate surface area is 156 Å². The van der Waals surface area contributed by atoms with E-state index in [0.29, 0.717) is 18.2 Å². The van der Waals surface area contributed by atoms with Crippen LogP contribution in [0.4, 0.5) is 15.6 Å². The van der Waals surface area contributed by atoms with Crippen LogP contribution in [0.2, 0.25) is 0 Å². The van der Waals surface area contributed by atoms with Gasteiger partial charge in [0.1, 0.15) is 6.54 Å². The Kier molecular flexibility index (Phi) is 4.63. The van der Waals surface area contributed by atoms with Gasteiger partial charge in [0.25, 0.3) is 0 Å². The number of urea groups is 1. The van der Waals surface area contributed by atoms with Gasteiger partial charge in [-0.3, -0.25) is 9.69 Å². The van der Waals surface area contributed by atoms with Crippen LogP contribution in [0.3, 0.4) is 0 Å². The van der Waals surface area contributed by atoms with Crippen molar-refractivity contribution in [1.29, 1.82) is 0 Å². The molecule has 0 unspecified atom stereocenters. The zero-order valence-corrected chi connectivity index (χ0v) is 15.6. The number of benzene rings is 1. The summed E-state index contributed by atoms with van der Waals surface area (Å²) in [5.74, 6) is -0.185. The van der Waals surface area contributed by atoms with E-state index in [0.717, 1.165) is 29.8 Å². The lowest BCUT2D eigenvalue weighted by Gasteiger charge is -2.18. The zero-order chi connectivity index (χ0) is 18.1. The minimum Gasteiger partial charge on any atom is -0.313 e. The van der Waals surface area contributed by atoms with Crippen LogP contribution in [0.5, 0.6) is 0 Å². The summed E-state index contributed by atoms with van der Waals surface area (Å²) in [6.45, 7) is 3.23. The number of carbonyl (C=O) groups is 2. The highest BCUT2D eigenvalue weighted by molar-refractivity contribution is 7.15. The first kappa shape index (κ1) is 17.0. The maximum atomic E-state index is 12.6. The van der Waals surface area contributed by atoms with Gasteiger partial charge in [-0.2, -0.15) is 0 Å². The van der Waals surface area contributed by atoms with Crippen molar-refractivity contribution in [3.8, 4) is 0 Å². The maximum absolute atomic E-state index is 12.6. The molecule has 3 amide bonds. The highest BCUT2D eigenvalue weighted by Gasteiger charge is 2.31. The summed E-state index contributed by atoms with van der Waals surface area (Å²) in [6, 6.07) is 7.74. The number of rotatable bonds is 4. The van der Waals surface area contributed by atoms with E-state index in [1.165, 1.54) is 17.7 Å². The van der Waals surface area contributed by atoms with Gasteiger partial charge in [0.15, 0.2) is 5.13 Å². The summed E-state index contributed by atoms with van der Waals surface area (Å²) in [6.07, 6.45) is 4.41. The second-order valence-electron chi connectivity index (χ2n) is 6.84. The second kappa shape index (κ2) is 7.07. The Bertz CT molecular complexity index is 807. The number of nitrogens with one attached hydrogen (secondary N) is 1. The third-order valence-electron chi connectivity index (χ3n) is 4.87. The highest BCUT2D eigenvalue weighted by atomic mass is 32.1. The summed E-state index contributed by atoms with van der Waals surface area (Å²) >= 11 is 1.56. The summed E-state index contributed by atoms with van der Waals surface area (Å²) in [7, 11) is 0. The molecule has 1 aromatic carbocycles. The van der Waals surface area contributed by atoms with Crippen LogP contribution in [0, 0.1) is 6.92 Å². The molecule has 26 heavy (non-hydrogen) atoms. The Morgan fingerprint density at radius 2 is 1.96 bits per heavy atom. The van der Waals surface area contributed by atoms with Crippen molar-refractivity contribution < 1.29 is 9.59 Å². The lowest BCUT2D eigenvalue weighted by atomic mass is 10.0. The van der Waals surface area contributed by atoms with Crippen LogP contribution in [0.1, 0.15) is 29.0 Å². The van der Waals surface area contributed by atoms with E-state index in [1.54, 1.807) is 21.1 Å². The van der Waals surface area contributed by atoms with Gasteiger partial charge in [0.2, 0.25) is 5.91 Å². The molecule has 0 bridgehead atoms. The van der Waals surface area contributed by atoms with E-state index in [4.69, 9.17) is 0 Å². The van der Waals surface area contributed by atoms with Crippen molar-refractivity contribution in [1.82, 2.24) is 9.88 Å². The van der Waals surface area contributed by atoms with Gasteiger partial charge in [-0.25, -0.2) is 9.78 Å². The number of thiazole rings is 1. The van der Waals surface area contributed by atoms with Gasteiger partial charge in [-0.1, -0.05) is 17.7 Å². The molecule has 1 aromatic heterocycles. The summed E-state index contributed by atoms with van der Waals surface area (Å²) < 4.78 is 0. The second-order valence-corrected chi connectivity index (χ2v) is 7.92. The minimum atomic E-state index is -0.185. The van der Waals surface area contributed by atoms with Crippen molar-refractivity contribution >= 4 is 34.1 Å². The number of anilines is 2. The molecule has 0 radical (unpaired) electrons. The first-order chi connectivity index (χ1) is 12.6. The smallest absolute Gasteiger partial charge is 0.313 e. The lowest BCUT2D eigenvalue weighted by Crippen LogP contribution is -2.37. The average molecular weight is 370 g/mol. The molecule has 0 saturated carbocycles. The van der Waals surface area contributed by atoms with Gasteiger partial charge < -0.3 is 10.2 Å². The summed E-state index contributed by atoms with van der Waals surface area (Å²) in [5.41, 5.74) is 3.15. The van der Waals surface area contributed by atoms with Crippen LogP contribution in [-0.4, -0.2) is 41.5 Å². The number of aryl methyl sites for hydroxylation is 3. The monoisotopic (exact) mass is 370 g/mol. The van der Waals surface area contributed by atoms with E-state index in [2.05, 4.69) is 10.3 Å². The molecular weight excluding hydrogens is 348 g/mol. The third kappa shape index (κ3) is 3.44. The standard InChI is InChI=1S/C19H22N4O2S/c1-13-6-8-14(9-7-13)23-11-10-22(19(23)25)12-17(24)21-18-20-15-4-2-3-5-16(15)26-18/h6-9H,2-5,10-12H2,1H3,(H,20,21,24). The molecule has 2 aromatic rings. The largest absolute Gasteiger partial charge is 0.325 e. The van der Waals surface area contributed by atoms with Crippen LogP contribution >= 0.6 is 11.3 Å². The van der Waals surface area contributed by atoms with Crippen molar-refractivity contribution in [2.45, 2.75) is 32.6 Å². The van der Waals surface area contributed by atoms with Crippen molar-refractivity contribution in [3.05, 3.63) is 40.4 Å². The fourth-order valence-corrected chi connectivity index (χ4v) is 4.50. The molecule has 2 aliphatic rings. The van der Waals surface area contributed by atoms with Crippen LogP contribution in [0.25, 0.3) is 0 Å². The van der Waals surface area contributed by atoms with Crippen molar-refractivity contribution in [2.75, 3.05) is 29.9 Å². The van der Waals surface area contributed by atoms with E-state index in [9.17, 15) is 9.59 Å². The van der Waals surface area contributed by atoms with E-state index < -0.39 is 0 Å². The summed E-state index contributed by atoms with van der Waals surface area (Å²) in [5, 5.41) is 3.52. The maximum Gasteiger partial charge on any atom is 0.325 e. The first-order valence-electron chi connectivity index (χ1n) is 9.02. The van der Waals surface area contributed by atoms with Crippen LogP contribution in [0.15, 0.2) is 24.3 Å². The van der Waals surface area contributed by atoms with Crippen LogP contribution < -0.4 is 10.2 Å². The quantitative estimate of drug-likeness (QED) is 0.899. The Balaban J connectivity index is 1.36. The molecule has 7 heteroatoms. The number of hydrogen-bond donors (Lipinski definition) is 1. The average Bonchev–Trinajstić information content (AvgIpc) is 3.19. The normalized spacial score (nSPS) is 16.7. The van der Waals surface area contributed by atoms with Gasteiger partial charge in [0, 0.05) is 23.7 Å². The molecule has 136 valence electrons. The molecule has 1 fully saturated rings. The minimum absolute atomic E-state index is 0.0610. The Morgan fingerprint density at radius 1 is 1.19 bits per heavy atom. The van der Waals surface area contributed by atoms with Crippen molar-refractivity contribution in [2.24, 2.45) is 0 Å². The number of aromatic nitrogens is 1. The number of fused-ring (bicyclic) bond motifs is 1. The molecular formula is C19H22N4O2S. The first-order valence-corrected chi connectivity index (χ1v) is 9.83. The molecule has 0 atom stereocenters. The third-order valence-corrected chi connectivity index (χ3v) is 5.94. The zero-order valence-electron chi connectivity index (χ0n) is 14.8. The molecule has 1 aliphatic heterocycles. The topological polar surface area (TPSA) is 65.5 Å². The van der Waals surface area contributed by atoms with Gasteiger partial charge in [-0.15, -0.1) is 11.3 Å². The lowest BCUT2D eigenvalue weighted by molar-refractivity contribution is -0.116. The summed E-state index contributed by atoms with van der Waals surface area (Å²) in [4.78, 5) is 34.1. The molecule has 1 saturated heterocycles. The Morgan fingerprint density at radius 3 is 2.73 bits per heavy atom. The predicted octanol–water partition coefficient (Wildman–Crippen LogP) is 3.21. The predicted molar refractivity (Wildman–Crippen MR) is 103 cm³/mol. The Hall–Kier alpha value is -2.41. The fraction of sp³-hybridized carbons (Fsp3) is 0.421. The molecule has 1 N–H and O–H groups in total. The number of nitrogens with zero attached hydrogens (tertiary/aromatic N) is 3. The van der Waals surface area contributed by atoms with Gasteiger partial charge in [0.05, 0.1) is 5.69 Å². The van der Waals surface area contributed by atoms with E-state index in [-0.39, 0.29) is 18.5 Å². The highest BCUT2D eigenvalue weighted by Crippen LogP contribution is 2.29. The van der Waals surface area contributed by atoms with Gasteiger partial charge >= 0.3 is 6.03 Å². The molecule has 1 aliphatic carbocycles. The SMILES string of the molecule is Cc1ccc(N2CCN(CC(=O)Nc3nc4c(s3)CCCC4)C2=O)cc1. The molecule has 4 rings (SSSR count). The fourth-order valence-electron chi connectivity index (χ4n) is 3.43. The molecule has 6 nitrogen and oxygen atoms in total. The van der Waals surface area contributed by atoms with Crippen LogP contribution in [-0.2, 0) is 17.6 Å². The van der Waals surface area contributed by atoms with E-state index in [1.807, 2.05) is 31.2 Å². The van der Waals surface area contributed by atoms with Crippen molar-refractivity contribution in [3.63, 3.8) is 0 Å². The van der Waals surface area contributed by atoms with Gasteiger partial charge in [-0.05, 0) is 44.7 Å². The van der Waals surface area contributed by atoms with E-state index >= 15 is 0 Å². The number of amides is 3.